The number of rotatable bonds is 3. The van der Waals surface area contributed by atoms with Crippen molar-refractivity contribution in [3.63, 3.8) is 0 Å². The van der Waals surface area contributed by atoms with Crippen molar-refractivity contribution in [3.05, 3.63) is 47.8 Å². The van der Waals surface area contributed by atoms with Gasteiger partial charge in [0.2, 0.25) is 0 Å². The number of aromatic nitrogens is 3. The molecule has 0 aliphatic rings. The topological polar surface area (TPSA) is 51.9 Å². The third kappa shape index (κ3) is 2.20. The lowest BCUT2D eigenvalue weighted by Gasteiger charge is -2.09. The molecule has 0 atom stereocenters. The van der Waals surface area contributed by atoms with Crippen molar-refractivity contribution in [1.82, 2.24) is 14.3 Å². The standard InChI is InChI=1S/C16H18N4O/c1-4-20-15(11(2)10-17-20)18-16(21)13-6-5-7-14-12(13)8-9-19(14)3/h5-10H,4H2,1-3H3,(H,18,21). The predicted molar refractivity (Wildman–Crippen MR) is 83.5 cm³/mol. The molecule has 0 aliphatic carbocycles. The maximum absolute atomic E-state index is 12.6. The van der Waals surface area contributed by atoms with Crippen molar-refractivity contribution >= 4 is 22.6 Å². The SMILES string of the molecule is CCn1ncc(C)c1NC(=O)c1cccc2c1ccn2C. The fourth-order valence-corrected chi connectivity index (χ4v) is 2.56. The van der Waals surface area contributed by atoms with Gasteiger partial charge >= 0.3 is 0 Å². The number of nitrogens with zero attached hydrogens (tertiary/aromatic N) is 3. The highest BCUT2D eigenvalue weighted by Crippen LogP contribution is 2.21. The van der Waals surface area contributed by atoms with Gasteiger partial charge < -0.3 is 9.88 Å². The van der Waals surface area contributed by atoms with Crippen LogP contribution in [0.4, 0.5) is 5.82 Å². The smallest absolute Gasteiger partial charge is 0.257 e. The maximum Gasteiger partial charge on any atom is 0.257 e. The van der Waals surface area contributed by atoms with Crippen LogP contribution in [0, 0.1) is 6.92 Å². The van der Waals surface area contributed by atoms with Crippen LogP contribution < -0.4 is 5.32 Å². The minimum Gasteiger partial charge on any atom is -0.351 e. The lowest BCUT2D eigenvalue weighted by atomic mass is 10.1. The summed E-state index contributed by atoms with van der Waals surface area (Å²) in [7, 11) is 1.97. The molecule has 3 rings (SSSR count). The van der Waals surface area contributed by atoms with Gasteiger partial charge in [0.1, 0.15) is 5.82 Å². The van der Waals surface area contributed by atoms with Gasteiger partial charge in [-0.3, -0.25) is 4.79 Å². The first kappa shape index (κ1) is 13.4. The van der Waals surface area contributed by atoms with Crippen molar-refractivity contribution in [2.75, 3.05) is 5.32 Å². The molecular formula is C16H18N4O. The molecule has 5 nitrogen and oxygen atoms in total. The summed E-state index contributed by atoms with van der Waals surface area (Å²) in [6.45, 7) is 4.66. The Labute approximate surface area is 123 Å². The number of hydrogen-bond acceptors (Lipinski definition) is 2. The molecule has 0 saturated heterocycles. The summed E-state index contributed by atoms with van der Waals surface area (Å²) in [6.07, 6.45) is 3.73. The van der Waals surface area contributed by atoms with Crippen molar-refractivity contribution in [2.45, 2.75) is 20.4 Å². The van der Waals surface area contributed by atoms with Crippen LogP contribution in [-0.2, 0) is 13.6 Å². The van der Waals surface area contributed by atoms with Crippen LogP contribution in [0.15, 0.2) is 36.7 Å². The highest BCUT2D eigenvalue weighted by molar-refractivity contribution is 6.12. The van der Waals surface area contributed by atoms with E-state index in [4.69, 9.17) is 0 Å². The fraction of sp³-hybridized carbons (Fsp3) is 0.250. The average Bonchev–Trinajstić information content (AvgIpc) is 3.03. The molecular weight excluding hydrogens is 264 g/mol. The minimum absolute atomic E-state index is 0.106. The summed E-state index contributed by atoms with van der Waals surface area (Å²) in [5, 5.41) is 8.18. The lowest BCUT2D eigenvalue weighted by Crippen LogP contribution is -2.16. The zero-order valence-electron chi connectivity index (χ0n) is 12.4. The Bertz CT molecular complexity index is 813. The molecule has 0 radical (unpaired) electrons. The van der Waals surface area contributed by atoms with Gasteiger partial charge in [0.15, 0.2) is 0 Å². The van der Waals surface area contributed by atoms with Crippen LogP contribution in [-0.4, -0.2) is 20.3 Å². The molecule has 1 N–H and O–H groups in total. The quantitative estimate of drug-likeness (QED) is 0.803. The molecule has 3 aromatic rings. The molecule has 0 spiro atoms. The number of hydrogen-bond donors (Lipinski definition) is 1. The first-order chi connectivity index (χ1) is 10.1. The van der Waals surface area contributed by atoms with E-state index in [1.165, 1.54) is 0 Å². The molecule has 0 aliphatic heterocycles. The lowest BCUT2D eigenvalue weighted by molar-refractivity contribution is 0.102. The molecule has 2 aromatic heterocycles. The molecule has 0 saturated carbocycles. The predicted octanol–water partition coefficient (Wildman–Crippen LogP) is 2.96. The number of fused-ring (bicyclic) bond motifs is 1. The van der Waals surface area contributed by atoms with Crippen molar-refractivity contribution in [3.8, 4) is 0 Å². The second-order valence-electron chi connectivity index (χ2n) is 5.11. The van der Waals surface area contributed by atoms with Gasteiger partial charge in [0.25, 0.3) is 5.91 Å². The third-order valence-corrected chi connectivity index (χ3v) is 3.73. The number of benzene rings is 1. The first-order valence-electron chi connectivity index (χ1n) is 6.99. The van der Waals surface area contributed by atoms with E-state index in [-0.39, 0.29) is 5.91 Å². The molecule has 0 unspecified atom stereocenters. The second kappa shape index (κ2) is 5.09. The Kier molecular flexibility index (Phi) is 3.25. The zero-order valence-corrected chi connectivity index (χ0v) is 12.4. The number of anilines is 1. The summed E-state index contributed by atoms with van der Waals surface area (Å²) >= 11 is 0. The number of nitrogens with one attached hydrogen (secondary N) is 1. The zero-order chi connectivity index (χ0) is 15.0. The minimum atomic E-state index is -0.106. The monoisotopic (exact) mass is 282 g/mol. The largest absolute Gasteiger partial charge is 0.351 e. The summed E-state index contributed by atoms with van der Waals surface area (Å²) in [6, 6.07) is 7.72. The molecule has 1 amide bonds. The Balaban J connectivity index is 1.99. The highest BCUT2D eigenvalue weighted by atomic mass is 16.1. The molecule has 1 aromatic carbocycles. The molecule has 108 valence electrons. The molecule has 0 fully saturated rings. The van der Waals surface area contributed by atoms with E-state index >= 15 is 0 Å². The molecule has 2 heterocycles. The van der Waals surface area contributed by atoms with Crippen molar-refractivity contribution in [2.24, 2.45) is 7.05 Å². The van der Waals surface area contributed by atoms with Crippen LogP contribution in [0.3, 0.4) is 0 Å². The highest BCUT2D eigenvalue weighted by Gasteiger charge is 2.15. The number of aryl methyl sites for hydroxylation is 3. The average molecular weight is 282 g/mol. The van der Waals surface area contributed by atoms with Crippen LogP contribution in [0.5, 0.6) is 0 Å². The maximum atomic E-state index is 12.6. The van der Waals surface area contributed by atoms with Crippen molar-refractivity contribution < 1.29 is 4.79 Å². The van der Waals surface area contributed by atoms with Crippen molar-refractivity contribution in [1.29, 1.82) is 0 Å². The molecule has 21 heavy (non-hydrogen) atoms. The van der Waals surface area contributed by atoms with Crippen LogP contribution >= 0.6 is 0 Å². The normalized spacial score (nSPS) is 11.0. The Morgan fingerprint density at radius 2 is 2.14 bits per heavy atom. The van der Waals surface area contributed by atoms with E-state index in [0.29, 0.717) is 5.56 Å². The van der Waals surface area contributed by atoms with E-state index in [9.17, 15) is 4.79 Å². The van der Waals surface area contributed by atoms with E-state index in [1.807, 2.05) is 55.9 Å². The third-order valence-electron chi connectivity index (χ3n) is 3.73. The van der Waals surface area contributed by atoms with Gasteiger partial charge in [-0.05, 0) is 32.0 Å². The number of carbonyl (C=O) groups is 1. The van der Waals surface area contributed by atoms with Crippen LogP contribution in [0.1, 0.15) is 22.8 Å². The van der Waals surface area contributed by atoms with Gasteiger partial charge in [-0.1, -0.05) is 6.07 Å². The molecule has 0 bridgehead atoms. The Morgan fingerprint density at radius 1 is 1.33 bits per heavy atom. The van der Waals surface area contributed by atoms with Crippen LogP contribution in [0.25, 0.3) is 10.9 Å². The van der Waals surface area contributed by atoms with E-state index in [1.54, 1.807) is 10.9 Å². The van der Waals surface area contributed by atoms with Gasteiger partial charge in [0, 0.05) is 41.8 Å². The second-order valence-corrected chi connectivity index (χ2v) is 5.11. The van der Waals surface area contributed by atoms with E-state index in [0.717, 1.165) is 28.8 Å². The first-order valence-corrected chi connectivity index (χ1v) is 6.99. The Hall–Kier alpha value is -2.56. The number of amides is 1. The van der Waals surface area contributed by atoms with Gasteiger partial charge in [-0.15, -0.1) is 0 Å². The van der Waals surface area contributed by atoms with Gasteiger partial charge in [-0.25, -0.2) is 4.68 Å². The van der Waals surface area contributed by atoms with Gasteiger partial charge in [-0.2, -0.15) is 5.10 Å². The Morgan fingerprint density at radius 3 is 2.90 bits per heavy atom. The van der Waals surface area contributed by atoms with E-state index < -0.39 is 0 Å². The fourth-order valence-electron chi connectivity index (χ4n) is 2.56. The van der Waals surface area contributed by atoms with Crippen LogP contribution in [0.2, 0.25) is 0 Å². The summed E-state index contributed by atoms with van der Waals surface area (Å²) in [4.78, 5) is 12.6. The number of carbonyl (C=O) groups excluding carboxylic acids is 1. The summed E-state index contributed by atoms with van der Waals surface area (Å²) in [5.41, 5.74) is 2.69. The molecule has 5 heteroatoms. The summed E-state index contributed by atoms with van der Waals surface area (Å²) in [5.74, 6) is 0.653. The summed E-state index contributed by atoms with van der Waals surface area (Å²) < 4.78 is 3.80. The van der Waals surface area contributed by atoms with E-state index in [2.05, 4.69) is 10.4 Å². The van der Waals surface area contributed by atoms with Gasteiger partial charge in [0.05, 0.1) is 6.20 Å².